The van der Waals surface area contributed by atoms with Gasteiger partial charge in [-0.15, -0.1) is 4.99 Å². The van der Waals surface area contributed by atoms with Crippen LogP contribution in [0.5, 0.6) is 0 Å². The number of halogens is 3. The minimum absolute atomic E-state index is 0.0908. The number of nitrogens with zero attached hydrogens (tertiary/aromatic N) is 6. The highest BCUT2D eigenvalue weighted by Gasteiger charge is 2.40. The Hall–Kier alpha value is -10.0. The minimum Gasteiger partial charge on any atom is -0.370 e. The lowest BCUT2D eigenvalue weighted by molar-refractivity contribution is -0.385. The average molecular weight is 1030 g/mol. The second-order valence-electron chi connectivity index (χ2n) is 14.3. The summed E-state index contributed by atoms with van der Waals surface area (Å²) in [6, 6.07) is 12.1. The Morgan fingerprint density at radius 1 is 0.671 bits per heavy atom. The number of carbonyl (C=O) groups is 6. The molecule has 0 spiro atoms. The number of hydrogen-bond acceptors (Lipinski definition) is 17. The van der Waals surface area contributed by atoms with Crippen LogP contribution >= 0.6 is 0 Å². The van der Waals surface area contributed by atoms with E-state index in [2.05, 4.69) is 41.1 Å². The molecule has 35 heteroatoms. The van der Waals surface area contributed by atoms with Crippen molar-refractivity contribution in [2.24, 2.45) is 71.6 Å². The minimum atomic E-state index is -5.31. The first kappa shape index (κ1) is 57.3. The van der Waals surface area contributed by atoms with Crippen molar-refractivity contribution >= 4 is 82.4 Å². The first-order valence-electron chi connectivity index (χ1n) is 20.1. The number of rotatable bonds is 24. The Labute approximate surface area is 408 Å². The third kappa shape index (κ3) is 17.8. The van der Waals surface area contributed by atoms with Gasteiger partial charge in [-0.25, -0.2) is 30.7 Å². The standard InChI is InChI=1S/C38H48F3N21O11/c39-38(40,41)20-15-19(62(70)71)12-13-21(20)61(14-4-5-16-8-10-18(11-9-16)60-73-72)33(69)32(68)51-22(17-6-2-1-3-7-17)28(64)53-25(57-35(45)46)30(66)55-27(59-37(49)50)31(67)54-26(58-36(47)48)29(65)52-24(23(42)63)56-34(43)44/h1-13,15,22,24-27,33,60,69,72H,14H2,(H2,42,63)(H,51,68)(H,52,65)(H,53,64)(H,54,67)(H,55,66)(H4,43,44,56)(H4,45,46,57)(H4,47,48,58)(H4,49,50,59). The molecule has 32 nitrogen and oxygen atoms in total. The van der Waals surface area contributed by atoms with Crippen molar-refractivity contribution in [1.82, 2.24) is 26.6 Å². The number of benzene rings is 3. The molecule has 0 heterocycles. The van der Waals surface area contributed by atoms with Gasteiger partial charge in [0.25, 0.3) is 35.2 Å². The van der Waals surface area contributed by atoms with Crippen molar-refractivity contribution in [3.63, 3.8) is 0 Å². The molecule has 3 aromatic rings. The first-order valence-corrected chi connectivity index (χ1v) is 20.1. The van der Waals surface area contributed by atoms with Gasteiger partial charge in [-0.3, -0.25) is 38.9 Å². The highest BCUT2D eigenvalue weighted by Crippen LogP contribution is 2.39. The van der Waals surface area contributed by atoms with Crippen molar-refractivity contribution in [1.29, 1.82) is 0 Å². The molecule has 0 aliphatic rings. The van der Waals surface area contributed by atoms with Gasteiger partial charge >= 0.3 is 6.18 Å². The van der Waals surface area contributed by atoms with Gasteiger partial charge in [-0.2, -0.15) is 13.2 Å². The highest BCUT2D eigenvalue weighted by molar-refractivity contribution is 5.99. The largest absolute Gasteiger partial charge is 0.418 e. The van der Waals surface area contributed by atoms with E-state index in [9.17, 15) is 57.2 Å². The van der Waals surface area contributed by atoms with Crippen molar-refractivity contribution in [2.75, 3.05) is 16.9 Å². The van der Waals surface area contributed by atoms with E-state index >= 15 is 0 Å². The molecule has 6 unspecified atom stereocenters. The number of guanidine groups is 4. The van der Waals surface area contributed by atoms with Gasteiger partial charge in [-0.1, -0.05) is 54.6 Å². The number of aliphatic hydroxyl groups is 1. The summed E-state index contributed by atoms with van der Waals surface area (Å²) in [5, 5.41) is 41.8. The molecule has 73 heavy (non-hydrogen) atoms. The fourth-order valence-corrected chi connectivity index (χ4v) is 5.86. The molecule has 0 fully saturated rings. The van der Waals surface area contributed by atoms with E-state index in [1.54, 1.807) is 0 Å². The normalized spacial score (nSPS) is 13.4. The second kappa shape index (κ2) is 26.1. The number of nitro benzene ring substituents is 1. The van der Waals surface area contributed by atoms with Gasteiger partial charge in [-0.05, 0) is 29.3 Å². The third-order valence-corrected chi connectivity index (χ3v) is 8.95. The van der Waals surface area contributed by atoms with Crippen LogP contribution < -0.4 is 88.6 Å². The molecule has 0 aliphatic carbocycles. The number of aliphatic imine (C=N–C) groups is 4. The monoisotopic (exact) mass is 1030 g/mol. The SMILES string of the molecule is NC(=O)C(N=C(N)N)NC(=O)C(N=C(N)N)NC(=O)C(N=C(N)N)NC(=O)C(N=C(N)N)NC(=O)C(NC(=O)C(O)N(CC=Cc1ccc(NOO)cc1)c1ccc([N+](=O)[O-])cc1C(F)(F)F)c1ccccc1. The molecule has 392 valence electrons. The Morgan fingerprint density at radius 2 is 1.14 bits per heavy atom. The van der Waals surface area contributed by atoms with Crippen LogP contribution in [0.2, 0.25) is 0 Å². The quantitative estimate of drug-likeness (QED) is 0.00994. The lowest BCUT2D eigenvalue weighted by atomic mass is 10.1. The van der Waals surface area contributed by atoms with Crippen molar-refractivity contribution in [3.05, 3.63) is 106 Å². The topological polar surface area (TPSA) is 554 Å². The molecular formula is C38H48F3N21O11. The number of nitro groups is 1. The predicted molar refractivity (Wildman–Crippen MR) is 252 cm³/mol. The second-order valence-corrected chi connectivity index (χ2v) is 14.3. The van der Waals surface area contributed by atoms with Crippen LogP contribution in [0.3, 0.4) is 0 Å². The summed E-state index contributed by atoms with van der Waals surface area (Å²) in [7, 11) is 0. The van der Waals surface area contributed by atoms with Crippen LogP contribution in [0, 0.1) is 10.1 Å². The molecule has 0 radical (unpaired) electrons. The summed E-state index contributed by atoms with van der Waals surface area (Å²) >= 11 is 0. The number of alkyl halides is 3. The van der Waals surface area contributed by atoms with Gasteiger partial charge in [0, 0.05) is 18.7 Å². The molecular weight excluding hydrogens is 984 g/mol. The molecule has 0 saturated carbocycles. The summed E-state index contributed by atoms with van der Waals surface area (Å²) in [5.74, 6) is -11.9. The molecule has 6 atom stereocenters. The predicted octanol–water partition coefficient (Wildman–Crippen LogP) is -5.53. The molecule has 3 rings (SSSR count). The van der Waals surface area contributed by atoms with E-state index in [0.29, 0.717) is 22.6 Å². The lowest BCUT2D eigenvalue weighted by Gasteiger charge is -2.31. The van der Waals surface area contributed by atoms with Crippen molar-refractivity contribution in [3.8, 4) is 0 Å². The van der Waals surface area contributed by atoms with E-state index in [0.717, 1.165) is 0 Å². The van der Waals surface area contributed by atoms with E-state index in [1.165, 1.54) is 66.7 Å². The number of non-ortho nitro benzene ring substituents is 1. The zero-order valence-corrected chi connectivity index (χ0v) is 37.3. The Balaban J connectivity index is 2.03. The molecule has 6 amide bonds. The van der Waals surface area contributed by atoms with Crippen molar-refractivity contribution < 1.29 is 62.2 Å². The fourth-order valence-electron chi connectivity index (χ4n) is 5.86. The van der Waals surface area contributed by atoms with Gasteiger partial charge in [0.2, 0.25) is 36.8 Å². The molecule has 0 aliphatic heterocycles. The summed E-state index contributed by atoms with van der Waals surface area (Å²) < 4.78 is 43.6. The molecule has 26 N–H and O–H groups in total. The Morgan fingerprint density at radius 3 is 1.58 bits per heavy atom. The lowest BCUT2D eigenvalue weighted by Crippen LogP contribution is -2.58. The van der Waals surface area contributed by atoms with Crippen molar-refractivity contribution in [2.45, 2.75) is 43.1 Å². The van der Waals surface area contributed by atoms with E-state index in [-0.39, 0.29) is 17.3 Å². The number of nitrogens with one attached hydrogen (secondary N) is 6. The maximum atomic E-state index is 14.5. The first-order chi connectivity index (χ1) is 34.2. The zero-order chi connectivity index (χ0) is 54.7. The van der Waals surface area contributed by atoms with Crippen LogP contribution in [0.4, 0.5) is 30.2 Å². The fraction of sp³-hybridized carbons (Fsp3) is 0.211. The zero-order valence-electron chi connectivity index (χ0n) is 37.3. The third-order valence-electron chi connectivity index (χ3n) is 8.95. The van der Waals surface area contributed by atoms with E-state index < -0.39 is 131 Å². The van der Waals surface area contributed by atoms with E-state index in [4.69, 9.17) is 56.9 Å². The Bertz CT molecular complexity index is 2640. The van der Waals surface area contributed by atoms with Gasteiger partial charge in [0.15, 0.2) is 23.8 Å². The number of nitrogens with two attached hydrogens (primary N) is 9. The van der Waals surface area contributed by atoms with Gasteiger partial charge in [0.1, 0.15) is 6.04 Å². The number of anilines is 2. The molecule has 0 bridgehead atoms. The summed E-state index contributed by atoms with van der Waals surface area (Å²) in [6.45, 7) is -0.710. The number of hydrogen-bond donors (Lipinski definition) is 17. The molecule has 0 saturated heterocycles. The number of carbonyl (C=O) groups excluding carboxylic acids is 6. The summed E-state index contributed by atoms with van der Waals surface area (Å²) in [4.78, 5) is 109. The van der Waals surface area contributed by atoms with Crippen LogP contribution in [-0.4, -0.2) is 112 Å². The summed E-state index contributed by atoms with van der Waals surface area (Å²) in [5.41, 5.74) is 47.7. The highest BCUT2D eigenvalue weighted by atomic mass is 19.4. The Kier molecular flexibility index (Phi) is 20.5. The number of amides is 6. The maximum absolute atomic E-state index is 14.5. The average Bonchev–Trinajstić information content (AvgIpc) is 3.30. The maximum Gasteiger partial charge on any atom is 0.418 e. The van der Waals surface area contributed by atoms with Gasteiger partial charge in [0.05, 0.1) is 21.9 Å². The van der Waals surface area contributed by atoms with Crippen LogP contribution in [-0.2, 0) is 39.9 Å². The molecule has 0 aromatic heterocycles. The summed E-state index contributed by atoms with van der Waals surface area (Å²) in [6.07, 6.45) is -14.0. The van der Waals surface area contributed by atoms with E-state index in [1.807, 2.05) is 16.0 Å². The van der Waals surface area contributed by atoms with Crippen LogP contribution in [0.25, 0.3) is 6.08 Å². The molecule has 3 aromatic carbocycles. The van der Waals surface area contributed by atoms with Crippen LogP contribution in [0.15, 0.2) is 98.8 Å². The smallest absolute Gasteiger partial charge is 0.370 e. The number of aliphatic hydroxyl groups excluding tert-OH is 1. The number of primary amides is 1. The van der Waals surface area contributed by atoms with Gasteiger partial charge < -0.3 is 88.2 Å². The van der Waals surface area contributed by atoms with Crippen LogP contribution in [0.1, 0.15) is 22.7 Å².